The first-order chi connectivity index (χ1) is 9.16. The van der Waals surface area contributed by atoms with E-state index in [1.165, 1.54) is 0 Å². The molecule has 1 aliphatic carbocycles. The van der Waals surface area contributed by atoms with Crippen molar-refractivity contribution in [3.05, 3.63) is 24.0 Å². The van der Waals surface area contributed by atoms with Crippen molar-refractivity contribution in [2.24, 2.45) is 0 Å². The first kappa shape index (κ1) is 13.3. The van der Waals surface area contributed by atoms with Crippen LogP contribution in [0.15, 0.2) is 18.3 Å². The van der Waals surface area contributed by atoms with Crippen LogP contribution in [0.2, 0.25) is 0 Å². The van der Waals surface area contributed by atoms with E-state index in [9.17, 15) is 9.59 Å². The lowest BCUT2D eigenvalue weighted by Crippen LogP contribution is -2.42. The second kappa shape index (κ2) is 6.12. The normalized spacial score (nSPS) is 13.9. The van der Waals surface area contributed by atoms with Crippen LogP contribution in [0.3, 0.4) is 0 Å². The Morgan fingerprint density at radius 1 is 1.47 bits per heavy atom. The number of carboxylic acid groups (broad SMARTS) is 1. The standard InChI is InChI=1S/C12H16N4O3/c17-11(18)5-7-16(10-3-4-10)12(19)13-8-9-2-1-6-14-15-9/h1-2,6,10H,3-5,7-8H2,(H,13,19)(H,17,18). The molecule has 1 fully saturated rings. The Hall–Kier alpha value is -2.18. The molecule has 0 radical (unpaired) electrons. The molecule has 19 heavy (non-hydrogen) atoms. The molecule has 0 aromatic carbocycles. The van der Waals surface area contributed by atoms with Gasteiger partial charge in [-0.2, -0.15) is 10.2 Å². The van der Waals surface area contributed by atoms with E-state index in [1.807, 2.05) is 0 Å². The van der Waals surface area contributed by atoms with Crippen molar-refractivity contribution >= 4 is 12.0 Å². The van der Waals surface area contributed by atoms with Gasteiger partial charge >= 0.3 is 12.0 Å². The minimum atomic E-state index is -0.896. The van der Waals surface area contributed by atoms with Crippen molar-refractivity contribution in [3.8, 4) is 0 Å². The average molecular weight is 264 g/mol. The number of nitrogens with one attached hydrogen (secondary N) is 1. The van der Waals surface area contributed by atoms with Crippen molar-refractivity contribution in [1.29, 1.82) is 0 Å². The number of amides is 2. The number of aliphatic carboxylic acids is 1. The molecule has 1 aromatic rings. The molecule has 1 saturated carbocycles. The summed E-state index contributed by atoms with van der Waals surface area (Å²) in [6, 6.07) is 3.46. The van der Waals surface area contributed by atoms with E-state index in [0.717, 1.165) is 12.8 Å². The fourth-order valence-corrected chi connectivity index (χ4v) is 1.75. The van der Waals surface area contributed by atoms with Crippen LogP contribution in [0, 0.1) is 0 Å². The largest absolute Gasteiger partial charge is 0.481 e. The Morgan fingerprint density at radius 3 is 2.84 bits per heavy atom. The molecule has 102 valence electrons. The van der Waals surface area contributed by atoms with Crippen LogP contribution >= 0.6 is 0 Å². The number of carbonyl (C=O) groups excluding carboxylic acids is 1. The molecule has 2 amide bonds. The van der Waals surface area contributed by atoms with Gasteiger partial charge in [0, 0.05) is 18.8 Å². The maximum atomic E-state index is 12.0. The van der Waals surface area contributed by atoms with E-state index in [1.54, 1.807) is 23.2 Å². The number of carboxylic acids is 1. The Bertz CT molecular complexity index is 448. The maximum absolute atomic E-state index is 12.0. The zero-order valence-electron chi connectivity index (χ0n) is 10.5. The van der Waals surface area contributed by atoms with E-state index < -0.39 is 5.97 Å². The highest BCUT2D eigenvalue weighted by Crippen LogP contribution is 2.26. The summed E-state index contributed by atoms with van der Waals surface area (Å²) < 4.78 is 0. The van der Waals surface area contributed by atoms with E-state index in [0.29, 0.717) is 12.2 Å². The molecule has 0 unspecified atom stereocenters. The summed E-state index contributed by atoms with van der Waals surface area (Å²) in [6.07, 6.45) is 3.42. The van der Waals surface area contributed by atoms with Gasteiger partial charge in [0.1, 0.15) is 0 Å². The fraction of sp³-hybridized carbons (Fsp3) is 0.500. The van der Waals surface area contributed by atoms with Crippen LogP contribution in [0.1, 0.15) is 25.0 Å². The van der Waals surface area contributed by atoms with Gasteiger partial charge in [0.15, 0.2) is 0 Å². The van der Waals surface area contributed by atoms with Crippen molar-refractivity contribution < 1.29 is 14.7 Å². The third-order valence-electron chi connectivity index (χ3n) is 2.86. The number of hydrogen-bond donors (Lipinski definition) is 2. The number of aromatic nitrogens is 2. The first-order valence-corrected chi connectivity index (χ1v) is 6.19. The topological polar surface area (TPSA) is 95.4 Å². The van der Waals surface area contributed by atoms with Gasteiger partial charge in [-0.3, -0.25) is 4.79 Å². The molecule has 0 bridgehead atoms. The minimum Gasteiger partial charge on any atom is -0.481 e. The molecule has 1 aliphatic rings. The van der Waals surface area contributed by atoms with E-state index >= 15 is 0 Å². The Morgan fingerprint density at radius 2 is 2.26 bits per heavy atom. The molecule has 1 aromatic heterocycles. The highest BCUT2D eigenvalue weighted by molar-refractivity contribution is 5.76. The van der Waals surface area contributed by atoms with Gasteiger partial charge in [0.25, 0.3) is 0 Å². The van der Waals surface area contributed by atoms with Crippen LogP contribution < -0.4 is 5.32 Å². The smallest absolute Gasteiger partial charge is 0.317 e. The van der Waals surface area contributed by atoms with Crippen molar-refractivity contribution in [3.63, 3.8) is 0 Å². The van der Waals surface area contributed by atoms with Gasteiger partial charge in [0.2, 0.25) is 0 Å². The number of nitrogens with zero attached hydrogens (tertiary/aromatic N) is 3. The summed E-state index contributed by atoms with van der Waals surface area (Å²) in [7, 11) is 0. The predicted molar refractivity (Wildman–Crippen MR) is 66.2 cm³/mol. The maximum Gasteiger partial charge on any atom is 0.317 e. The zero-order chi connectivity index (χ0) is 13.7. The van der Waals surface area contributed by atoms with Gasteiger partial charge < -0.3 is 15.3 Å². The molecule has 7 heteroatoms. The zero-order valence-corrected chi connectivity index (χ0v) is 10.5. The van der Waals surface area contributed by atoms with Crippen LogP contribution in [0.25, 0.3) is 0 Å². The van der Waals surface area contributed by atoms with Gasteiger partial charge in [-0.25, -0.2) is 4.79 Å². The number of rotatable bonds is 6. The number of carbonyl (C=O) groups is 2. The van der Waals surface area contributed by atoms with Gasteiger partial charge in [-0.15, -0.1) is 0 Å². The second-order valence-corrected chi connectivity index (χ2v) is 4.44. The Labute approximate surface area is 110 Å². The van der Waals surface area contributed by atoms with E-state index in [2.05, 4.69) is 15.5 Å². The third-order valence-corrected chi connectivity index (χ3v) is 2.86. The molecule has 7 nitrogen and oxygen atoms in total. The highest BCUT2D eigenvalue weighted by Gasteiger charge is 2.32. The molecular formula is C12H16N4O3. The number of urea groups is 1. The molecule has 2 rings (SSSR count). The van der Waals surface area contributed by atoms with Crippen molar-refractivity contribution in [2.45, 2.75) is 31.8 Å². The highest BCUT2D eigenvalue weighted by atomic mass is 16.4. The fourth-order valence-electron chi connectivity index (χ4n) is 1.75. The number of hydrogen-bond acceptors (Lipinski definition) is 4. The SMILES string of the molecule is O=C(O)CCN(C(=O)NCc1cccnn1)C1CC1. The average Bonchev–Trinajstić information content (AvgIpc) is 3.22. The molecule has 0 spiro atoms. The predicted octanol–water partition coefficient (Wildman–Crippen LogP) is 0.625. The monoisotopic (exact) mass is 264 g/mol. The Kier molecular flexibility index (Phi) is 4.27. The first-order valence-electron chi connectivity index (χ1n) is 6.19. The van der Waals surface area contributed by atoms with Crippen molar-refractivity contribution in [1.82, 2.24) is 20.4 Å². The summed E-state index contributed by atoms with van der Waals surface area (Å²) in [6.45, 7) is 0.537. The lowest BCUT2D eigenvalue weighted by Gasteiger charge is -2.21. The minimum absolute atomic E-state index is 0.0327. The summed E-state index contributed by atoms with van der Waals surface area (Å²) >= 11 is 0. The molecule has 0 aliphatic heterocycles. The molecule has 0 atom stereocenters. The third kappa shape index (κ3) is 4.20. The second-order valence-electron chi connectivity index (χ2n) is 4.44. The van der Waals surface area contributed by atoms with Gasteiger partial charge in [0.05, 0.1) is 18.7 Å². The lowest BCUT2D eigenvalue weighted by atomic mass is 10.3. The summed E-state index contributed by atoms with van der Waals surface area (Å²) in [5.41, 5.74) is 0.671. The van der Waals surface area contributed by atoms with Gasteiger partial charge in [-0.1, -0.05) is 0 Å². The van der Waals surface area contributed by atoms with Crippen LogP contribution in [0.5, 0.6) is 0 Å². The van der Waals surface area contributed by atoms with E-state index in [-0.39, 0.29) is 25.0 Å². The van der Waals surface area contributed by atoms with Crippen molar-refractivity contribution in [2.75, 3.05) is 6.54 Å². The molecule has 1 heterocycles. The summed E-state index contributed by atoms with van der Waals surface area (Å²) in [5, 5.41) is 19.0. The molecule has 2 N–H and O–H groups in total. The van der Waals surface area contributed by atoms with Crippen LogP contribution in [0.4, 0.5) is 4.79 Å². The lowest BCUT2D eigenvalue weighted by molar-refractivity contribution is -0.137. The van der Waals surface area contributed by atoms with Gasteiger partial charge in [-0.05, 0) is 25.0 Å². The van der Waals surface area contributed by atoms with Crippen LogP contribution in [-0.4, -0.2) is 44.8 Å². The molecular weight excluding hydrogens is 248 g/mol. The summed E-state index contributed by atoms with van der Waals surface area (Å²) in [5.74, 6) is -0.896. The Balaban J connectivity index is 1.83. The summed E-state index contributed by atoms with van der Waals surface area (Å²) in [4.78, 5) is 24.1. The quantitative estimate of drug-likeness (QED) is 0.785. The molecule has 0 saturated heterocycles. The van der Waals surface area contributed by atoms with Crippen LogP contribution in [-0.2, 0) is 11.3 Å². The van der Waals surface area contributed by atoms with E-state index in [4.69, 9.17) is 5.11 Å².